The van der Waals surface area contributed by atoms with Crippen molar-refractivity contribution < 1.29 is 9.53 Å². The van der Waals surface area contributed by atoms with Crippen molar-refractivity contribution in [1.82, 2.24) is 0 Å². The summed E-state index contributed by atoms with van der Waals surface area (Å²) in [6, 6.07) is 4.18. The van der Waals surface area contributed by atoms with Crippen LogP contribution >= 0.6 is 0 Å². The molecule has 2 heteroatoms. The Morgan fingerprint density at radius 2 is 1.90 bits per heavy atom. The molecule has 0 spiro atoms. The van der Waals surface area contributed by atoms with Crippen LogP contribution in [0.4, 0.5) is 0 Å². The van der Waals surface area contributed by atoms with E-state index in [1.54, 1.807) is 7.11 Å². The van der Waals surface area contributed by atoms with E-state index in [1.807, 2.05) is 13.0 Å². The van der Waals surface area contributed by atoms with Crippen LogP contribution in [0.1, 0.15) is 67.9 Å². The number of hydrogen-bond donors (Lipinski definition) is 0. The number of carbonyl (C=O) groups excluding carboxylic acids is 1. The highest BCUT2D eigenvalue weighted by Crippen LogP contribution is 2.57. The Bertz CT molecular complexity index is 600. The van der Waals surface area contributed by atoms with E-state index in [2.05, 4.69) is 26.8 Å². The molecule has 0 heterocycles. The van der Waals surface area contributed by atoms with Gasteiger partial charge in [-0.2, -0.15) is 0 Å². The zero-order chi connectivity index (χ0) is 15.4. The highest BCUT2D eigenvalue weighted by molar-refractivity contribution is 6.00. The topological polar surface area (TPSA) is 26.3 Å². The molecule has 2 aliphatic rings. The number of carbonyl (C=O) groups is 1. The predicted molar refractivity (Wildman–Crippen MR) is 85.2 cm³/mol. The van der Waals surface area contributed by atoms with Gasteiger partial charge in [0, 0.05) is 12.0 Å². The van der Waals surface area contributed by atoms with Crippen LogP contribution in [-0.2, 0) is 5.41 Å². The molecule has 0 radical (unpaired) electrons. The summed E-state index contributed by atoms with van der Waals surface area (Å²) in [4.78, 5) is 12.7. The van der Waals surface area contributed by atoms with Gasteiger partial charge in [0.05, 0.1) is 7.11 Å². The van der Waals surface area contributed by atoms with Crippen LogP contribution in [0.15, 0.2) is 12.1 Å². The number of hydrogen-bond acceptors (Lipinski definition) is 2. The average Bonchev–Trinajstić information content (AvgIpc) is 2.41. The van der Waals surface area contributed by atoms with Gasteiger partial charge >= 0.3 is 0 Å². The second kappa shape index (κ2) is 4.59. The van der Waals surface area contributed by atoms with Crippen LogP contribution in [-0.4, -0.2) is 12.9 Å². The molecule has 0 unspecified atom stereocenters. The number of Topliss-reactive ketones (excluding diaryl/α,β-unsaturated/α-hetero) is 1. The molecular formula is C19H26O2. The summed E-state index contributed by atoms with van der Waals surface area (Å²) in [5.74, 6) is 1.66. The van der Waals surface area contributed by atoms with E-state index in [-0.39, 0.29) is 10.8 Å². The molecule has 1 fully saturated rings. The Hall–Kier alpha value is -1.31. The first-order chi connectivity index (χ1) is 9.79. The average molecular weight is 286 g/mol. The third-order valence-corrected chi connectivity index (χ3v) is 6.07. The maximum atomic E-state index is 12.7. The Labute approximate surface area is 127 Å². The summed E-state index contributed by atoms with van der Waals surface area (Å²) in [7, 11) is 1.71. The number of methoxy groups -OCH3 is 1. The fourth-order valence-electron chi connectivity index (χ4n) is 4.85. The quantitative estimate of drug-likeness (QED) is 0.749. The molecule has 0 amide bonds. The van der Waals surface area contributed by atoms with Crippen LogP contribution in [0, 0.1) is 18.3 Å². The number of fused-ring (bicyclic) bond motifs is 3. The molecule has 2 aliphatic carbocycles. The Balaban J connectivity index is 2.21. The lowest BCUT2D eigenvalue weighted by Gasteiger charge is -2.53. The molecular weight excluding hydrogens is 260 g/mol. The van der Waals surface area contributed by atoms with E-state index in [9.17, 15) is 4.79 Å². The van der Waals surface area contributed by atoms with Gasteiger partial charge < -0.3 is 4.74 Å². The summed E-state index contributed by atoms with van der Waals surface area (Å²) in [5.41, 5.74) is 3.55. The zero-order valence-corrected chi connectivity index (χ0v) is 13.9. The van der Waals surface area contributed by atoms with Crippen LogP contribution in [0.5, 0.6) is 5.75 Å². The molecule has 0 N–H and O–H groups in total. The highest BCUT2D eigenvalue weighted by atomic mass is 16.5. The van der Waals surface area contributed by atoms with Crippen LogP contribution in [0.25, 0.3) is 0 Å². The fraction of sp³-hybridized carbons (Fsp3) is 0.632. The van der Waals surface area contributed by atoms with Gasteiger partial charge in [0.1, 0.15) is 5.75 Å². The second-order valence-electron chi connectivity index (χ2n) is 7.81. The Morgan fingerprint density at radius 1 is 1.19 bits per heavy atom. The summed E-state index contributed by atoms with van der Waals surface area (Å²) < 4.78 is 5.51. The molecule has 114 valence electrons. The smallest absolute Gasteiger partial charge is 0.163 e. The molecule has 1 aromatic carbocycles. The number of rotatable bonds is 1. The van der Waals surface area contributed by atoms with Gasteiger partial charge in [-0.05, 0) is 59.8 Å². The minimum Gasteiger partial charge on any atom is -0.496 e. The van der Waals surface area contributed by atoms with Crippen molar-refractivity contribution in [3.8, 4) is 5.75 Å². The third kappa shape index (κ3) is 2.03. The van der Waals surface area contributed by atoms with E-state index in [0.29, 0.717) is 18.1 Å². The van der Waals surface area contributed by atoms with Gasteiger partial charge in [0.25, 0.3) is 0 Å². The number of benzene rings is 1. The summed E-state index contributed by atoms with van der Waals surface area (Å²) >= 11 is 0. The van der Waals surface area contributed by atoms with Crippen LogP contribution < -0.4 is 4.74 Å². The van der Waals surface area contributed by atoms with Gasteiger partial charge in [-0.25, -0.2) is 0 Å². The second-order valence-corrected chi connectivity index (χ2v) is 7.81. The predicted octanol–water partition coefficient (Wildman–Crippen LogP) is 4.67. The molecule has 3 rings (SSSR count). The van der Waals surface area contributed by atoms with Crippen molar-refractivity contribution in [3.05, 3.63) is 28.8 Å². The first-order valence-electron chi connectivity index (χ1n) is 8.02. The molecule has 0 bridgehead atoms. The molecule has 2 atom stereocenters. The molecule has 0 aliphatic heterocycles. The monoisotopic (exact) mass is 286 g/mol. The SMILES string of the molecule is COc1cc2c(cc1C)C(=O)C[C@H]1C(C)(C)CCC[C@]21C. The van der Waals surface area contributed by atoms with E-state index in [0.717, 1.165) is 16.9 Å². The molecule has 1 saturated carbocycles. The first-order valence-corrected chi connectivity index (χ1v) is 8.02. The molecule has 0 saturated heterocycles. The van der Waals surface area contributed by atoms with Crippen LogP contribution in [0.3, 0.4) is 0 Å². The third-order valence-electron chi connectivity index (χ3n) is 6.07. The Kier molecular flexibility index (Phi) is 3.20. The van der Waals surface area contributed by atoms with Gasteiger partial charge in [-0.15, -0.1) is 0 Å². The normalized spacial score (nSPS) is 30.5. The van der Waals surface area contributed by atoms with Gasteiger partial charge in [0.15, 0.2) is 5.78 Å². The van der Waals surface area contributed by atoms with Crippen LogP contribution in [0.2, 0.25) is 0 Å². The summed E-state index contributed by atoms with van der Waals surface area (Å²) in [6.45, 7) is 9.04. The van der Waals surface area contributed by atoms with Crippen molar-refractivity contribution in [2.75, 3.05) is 7.11 Å². The van der Waals surface area contributed by atoms with E-state index >= 15 is 0 Å². The number of ether oxygens (including phenoxy) is 1. The summed E-state index contributed by atoms with van der Waals surface area (Å²) in [5, 5.41) is 0. The van der Waals surface area contributed by atoms with Crippen molar-refractivity contribution in [2.45, 2.75) is 58.8 Å². The van der Waals surface area contributed by atoms with E-state index in [4.69, 9.17) is 4.74 Å². The zero-order valence-electron chi connectivity index (χ0n) is 13.9. The van der Waals surface area contributed by atoms with E-state index < -0.39 is 0 Å². The Morgan fingerprint density at radius 3 is 2.57 bits per heavy atom. The van der Waals surface area contributed by atoms with Gasteiger partial charge in [-0.1, -0.05) is 27.2 Å². The standard InChI is InChI=1S/C19H26O2/c1-12-9-13-14(10-16(12)21-5)19(4)8-6-7-18(2,3)17(19)11-15(13)20/h9-10,17H,6-8,11H2,1-5H3/t17-,19+/m0/s1. The minimum atomic E-state index is 0.103. The minimum absolute atomic E-state index is 0.103. The van der Waals surface area contributed by atoms with Crippen molar-refractivity contribution in [2.24, 2.45) is 11.3 Å². The highest BCUT2D eigenvalue weighted by Gasteiger charge is 2.51. The molecule has 21 heavy (non-hydrogen) atoms. The van der Waals surface area contributed by atoms with Gasteiger partial charge in [0.2, 0.25) is 0 Å². The molecule has 1 aromatic rings. The maximum Gasteiger partial charge on any atom is 0.163 e. The lowest BCUT2D eigenvalue weighted by atomic mass is 9.50. The summed E-state index contributed by atoms with van der Waals surface area (Å²) in [6.07, 6.45) is 4.33. The van der Waals surface area contributed by atoms with E-state index in [1.165, 1.54) is 24.8 Å². The maximum absolute atomic E-state index is 12.7. The fourth-order valence-corrected chi connectivity index (χ4v) is 4.85. The first kappa shape index (κ1) is 14.6. The largest absolute Gasteiger partial charge is 0.496 e. The lowest BCUT2D eigenvalue weighted by Crippen LogP contribution is -2.49. The van der Waals surface area contributed by atoms with Gasteiger partial charge in [-0.3, -0.25) is 4.79 Å². The van der Waals surface area contributed by atoms with Crippen molar-refractivity contribution >= 4 is 5.78 Å². The molecule has 0 aromatic heterocycles. The van der Waals surface area contributed by atoms with Crippen molar-refractivity contribution in [1.29, 1.82) is 0 Å². The van der Waals surface area contributed by atoms with Crippen molar-refractivity contribution in [3.63, 3.8) is 0 Å². The lowest BCUT2D eigenvalue weighted by molar-refractivity contribution is 0.0367. The number of ketones is 1. The molecule has 2 nitrogen and oxygen atoms in total. The number of aryl methyl sites for hydroxylation is 1.